The lowest BCUT2D eigenvalue weighted by atomic mass is 9.98. The highest BCUT2D eigenvalue weighted by Gasteiger charge is 2.03. The van der Waals surface area contributed by atoms with Crippen molar-refractivity contribution in [3.05, 3.63) is 66.7 Å². The molecule has 0 aliphatic carbocycles. The van der Waals surface area contributed by atoms with Gasteiger partial charge in [-0.3, -0.25) is 0 Å². The number of aryl methyl sites for hydroxylation is 1. The maximum Gasteiger partial charge on any atom is 0.330 e. The summed E-state index contributed by atoms with van der Waals surface area (Å²) in [6.07, 6.45) is 2.89. The van der Waals surface area contributed by atoms with Crippen LogP contribution in [0.5, 0.6) is 0 Å². The molecule has 0 aromatic heterocycles. The van der Waals surface area contributed by atoms with Crippen LogP contribution in [0.2, 0.25) is 0 Å². The minimum Gasteiger partial charge on any atom is -0.463 e. The fraction of sp³-hybridized carbons (Fsp3) is 0.190. The Kier molecular flexibility index (Phi) is 4.80. The summed E-state index contributed by atoms with van der Waals surface area (Å²) in [6, 6.07) is 17.3. The predicted molar refractivity (Wildman–Crippen MR) is 100 cm³/mol. The van der Waals surface area contributed by atoms with E-state index in [1.54, 1.807) is 0 Å². The third-order valence-electron chi connectivity index (χ3n) is 4.21. The SMILES string of the molecule is C=CC(=O)OCCCc1ccc2c(ccc3cc(NC)ccc32)c1. The summed E-state index contributed by atoms with van der Waals surface area (Å²) in [7, 11) is 1.93. The van der Waals surface area contributed by atoms with E-state index in [9.17, 15) is 4.79 Å². The van der Waals surface area contributed by atoms with Gasteiger partial charge in [0.25, 0.3) is 0 Å². The number of anilines is 1. The van der Waals surface area contributed by atoms with Crippen LogP contribution in [0.25, 0.3) is 21.5 Å². The minimum absolute atomic E-state index is 0.360. The Balaban J connectivity index is 1.80. The number of nitrogens with one attached hydrogen (secondary N) is 1. The lowest BCUT2D eigenvalue weighted by Gasteiger charge is -2.09. The van der Waals surface area contributed by atoms with Crippen LogP contribution in [0.15, 0.2) is 61.2 Å². The Hall–Kier alpha value is -2.81. The molecule has 0 radical (unpaired) electrons. The third-order valence-corrected chi connectivity index (χ3v) is 4.21. The smallest absolute Gasteiger partial charge is 0.330 e. The van der Waals surface area contributed by atoms with Crippen LogP contribution >= 0.6 is 0 Å². The molecule has 0 spiro atoms. The first-order valence-electron chi connectivity index (χ1n) is 8.13. The van der Waals surface area contributed by atoms with Crippen molar-refractivity contribution in [1.29, 1.82) is 0 Å². The van der Waals surface area contributed by atoms with E-state index >= 15 is 0 Å². The first kappa shape index (κ1) is 16.1. The molecule has 3 aromatic carbocycles. The van der Waals surface area contributed by atoms with Gasteiger partial charge in [-0.2, -0.15) is 0 Å². The summed E-state index contributed by atoms with van der Waals surface area (Å²) in [5, 5.41) is 8.17. The summed E-state index contributed by atoms with van der Waals surface area (Å²) in [5.74, 6) is -0.360. The van der Waals surface area contributed by atoms with Gasteiger partial charge in [-0.15, -0.1) is 0 Å². The lowest BCUT2D eigenvalue weighted by molar-refractivity contribution is -0.137. The standard InChI is InChI=1S/C21H21NO2/c1-3-21(23)24-12-4-5-15-6-10-19-16(13-15)7-8-17-14-18(22-2)9-11-20(17)19/h3,6-11,13-14,22H,1,4-5,12H2,2H3. The summed E-state index contributed by atoms with van der Waals surface area (Å²) >= 11 is 0. The average molecular weight is 319 g/mol. The molecule has 0 saturated heterocycles. The van der Waals surface area contributed by atoms with Crippen molar-refractivity contribution in [2.75, 3.05) is 19.0 Å². The molecule has 0 saturated carbocycles. The zero-order valence-corrected chi connectivity index (χ0v) is 13.8. The Morgan fingerprint density at radius 3 is 2.50 bits per heavy atom. The second kappa shape index (κ2) is 7.18. The summed E-state index contributed by atoms with van der Waals surface area (Å²) < 4.78 is 5.02. The van der Waals surface area contributed by atoms with Crippen LogP contribution in [0, 0.1) is 0 Å². The molecule has 0 aliphatic heterocycles. The predicted octanol–water partition coefficient (Wildman–Crippen LogP) is 4.70. The number of benzene rings is 3. The number of hydrogen-bond acceptors (Lipinski definition) is 3. The molecular formula is C21H21NO2. The van der Waals surface area contributed by atoms with Crippen molar-refractivity contribution in [2.45, 2.75) is 12.8 Å². The molecule has 0 heterocycles. The van der Waals surface area contributed by atoms with Gasteiger partial charge in [0.1, 0.15) is 0 Å². The highest BCUT2D eigenvalue weighted by molar-refractivity contribution is 6.08. The largest absolute Gasteiger partial charge is 0.463 e. The van der Waals surface area contributed by atoms with E-state index in [-0.39, 0.29) is 5.97 Å². The van der Waals surface area contributed by atoms with E-state index < -0.39 is 0 Å². The molecule has 0 aliphatic rings. The molecule has 0 fully saturated rings. The van der Waals surface area contributed by atoms with Gasteiger partial charge in [0.15, 0.2) is 0 Å². The fourth-order valence-corrected chi connectivity index (χ4v) is 2.94. The van der Waals surface area contributed by atoms with Gasteiger partial charge >= 0.3 is 5.97 Å². The second-order valence-corrected chi connectivity index (χ2v) is 5.78. The maximum atomic E-state index is 11.0. The number of rotatable bonds is 6. The van der Waals surface area contributed by atoms with Crippen molar-refractivity contribution in [3.8, 4) is 0 Å². The van der Waals surface area contributed by atoms with Crippen LogP contribution in [0.4, 0.5) is 5.69 Å². The number of hydrogen-bond donors (Lipinski definition) is 1. The second-order valence-electron chi connectivity index (χ2n) is 5.78. The number of fused-ring (bicyclic) bond motifs is 3. The molecule has 3 heteroatoms. The summed E-state index contributed by atoms with van der Waals surface area (Å²) in [5.41, 5.74) is 2.37. The van der Waals surface area contributed by atoms with E-state index in [2.05, 4.69) is 60.4 Å². The van der Waals surface area contributed by atoms with Gasteiger partial charge in [-0.25, -0.2) is 4.79 Å². The van der Waals surface area contributed by atoms with Gasteiger partial charge in [0, 0.05) is 18.8 Å². The number of carbonyl (C=O) groups excluding carboxylic acids is 1. The summed E-state index contributed by atoms with van der Waals surface area (Å²) in [4.78, 5) is 11.0. The molecule has 3 nitrogen and oxygen atoms in total. The zero-order valence-electron chi connectivity index (χ0n) is 13.8. The number of ether oxygens (including phenoxy) is 1. The molecule has 3 aromatic rings. The first-order valence-corrected chi connectivity index (χ1v) is 8.13. The van der Waals surface area contributed by atoms with Crippen molar-refractivity contribution in [1.82, 2.24) is 0 Å². The number of esters is 1. The molecule has 24 heavy (non-hydrogen) atoms. The molecule has 0 bridgehead atoms. The van der Waals surface area contributed by atoms with E-state index in [4.69, 9.17) is 4.74 Å². The Morgan fingerprint density at radius 1 is 1.08 bits per heavy atom. The van der Waals surface area contributed by atoms with E-state index in [0.717, 1.165) is 18.5 Å². The van der Waals surface area contributed by atoms with Gasteiger partial charge < -0.3 is 10.1 Å². The Bertz CT molecular complexity index is 899. The third kappa shape index (κ3) is 3.40. The first-order chi connectivity index (χ1) is 11.7. The normalized spacial score (nSPS) is 10.7. The Labute approximate surface area is 141 Å². The molecule has 0 unspecified atom stereocenters. The molecule has 3 rings (SSSR count). The zero-order chi connectivity index (χ0) is 16.9. The van der Waals surface area contributed by atoms with Crippen LogP contribution in [-0.2, 0) is 16.0 Å². The highest BCUT2D eigenvalue weighted by Crippen LogP contribution is 2.28. The number of carbonyl (C=O) groups is 1. The maximum absolute atomic E-state index is 11.0. The molecule has 0 amide bonds. The van der Waals surface area contributed by atoms with Gasteiger partial charge in [0.2, 0.25) is 0 Å². The molecule has 0 atom stereocenters. The highest BCUT2D eigenvalue weighted by atomic mass is 16.5. The lowest BCUT2D eigenvalue weighted by Crippen LogP contribution is -2.02. The van der Waals surface area contributed by atoms with Crippen molar-refractivity contribution in [2.24, 2.45) is 0 Å². The molecule has 1 N–H and O–H groups in total. The molecular weight excluding hydrogens is 298 g/mol. The Morgan fingerprint density at radius 2 is 1.79 bits per heavy atom. The average Bonchev–Trinajstić information content (AvgIpc) is 2.64. The van der Waals surface area contributed by atoms with Crippen LogP contribution in [0.1, 0.15) is 12.0 Å². The monoisotopic (exact) mass is 319 g/mol. The van der Waals surface area contributed by atoms with Crippen LogP contribution in [0.3, 0.4) is 0 Å². The topological polar surface area (TPSA) is 38.3 Å². The van der Waals surface area contributed by atoms with E-state index in [0.29, 0.717) is 6.61 Å². The van der Waals surface area contributed by atoms with Crippen LogP contribution in [-0.4, -0.2) is 19.6 Å². The van der Waals surface area contributed by atoms with Gasteiger partial charge in [-0.05, 0) is 52.1 Å². The van der Waals surface area contributed by atoms with E-state index in [1.165, 1.54) is 33.2 Å². The fourth-order valence-electron chi connectivity index (χ4n) is 2.94. The quantitative estimate of drug-likeness (QED) is 0.310. The van der Waals surface area contributed by atoms with Gasteiger partial charge in [-0.1, -0.05) is 43.0 Å². The van der Waals surface area contributed by atoms with Crippen molar-refractivity contribution in [3.63, 3.8) is 0 Å². The van der Waals surface area contributed by atoms with Crippen molar-refractivity contribution >= 4 is 33.2 Å². The van der Waals surface area contributed by atoms with Gasteiger partial charge in [0.05, 0.1) is 6.61 Å². The van der Waals surface area contributed by atoms with Crippen molar-refractivity contribution < 1.29 is 9.53 Å². The minimum atomic E-state index is -0.360. The summed E-state index contributed by atoms with van der Waals surface area (Å²) in [6.45, 7) is 3.81. The van der Waals surface area contributed by atoms with E-state index in [1.807, 2.05) is 7.05 Å². The van der Waals surface area contributed by atoms with Crippen LogP contribution < -0.4 is 5.32 Å². The molecule has 122 valence electrons.